The topological polar surface area (TPSA) is 53.4 Å². The second-order valence-electron chi connectivity index (χ2n) is 4.90. The van der Waals surface area contributed by atoms with Crippen molar-refractivity contribution in [3.8, 4) is 5.88 Å². The van der Waals surface area contributed by atoms with Gasteiger partial charge in [-0.1, -0.05) is 39.0 Å². The molecule has 0 aliphatic rings. The first kappa shape index (κ1) is 16.5. The molecule has 0 aromatic carbocycles. The smallest absolute Gasteiger partial charge is 0.434 e. The van der Waals surface area contributed by atoms with Crippen molar-refractivity contribution in [3.05, 3.63) is 11.8 Å². The summed E-state index contributed by atoms with van der Waals surface area (Å²) < 4.78 is 11.7. The summed E-state index contributed by atoms with van der Waals surface area (Å²) in [6, 6.07) is 1.76. The zero-order valence-corrected chi connectivity index (χ0v) is 12.9. The lowest BCUT2D eigenvalue weighted by molar-refractivity contribution is 0.100. The fraction of sp³-hybridized carbons (Fsp3) is 0.733. The molecule has 1 aromatic rings. The zero-order valence-electron chi connectivity index (χ0n) is 12.9. The second kappa shape index (κ2) is 9.39. The molecule has 0 aliphatic heterocycles. The summed E-state index contributed by atoms with van der Waals surface area (Å²) in [7, 11) is 0. The van der Waals surface area contributed by atoms with E-state index in [0.29, 0.717) is 12.5 Å². The van der Waals surface area contributed by atoms with E-state index in [2.05, 4.69) is 12.0 Å². The maximum atomic E-state index is 11.3. The van der Waals surface area contributed by atoms with Gasteiger partial charge >= 0.3 is 6.16 Å². The lowest BCUT2D eigenvalue weighted by atomic mass is 10.1. The molecule has 1 aromatic heterocycles. The summed E-state index contributed by atoms with van der Waals surface area (Å²) in [6.07, 6.45) is 6.66. The Labute approximate surface area is 121 Å². The number of hydrogen-bond acceptors (Lipinski definition) is 4. The van der Waals surface area contributed by atoms with Gasteiger partial charge in [0.05, 0.1) is 12.3 Å². The van der Waals surface area contributed by atoms with E-state index in [1.807, 2.05) is 6.92 Å². The Morgan fingerprint density at radius 1 is 1.20 bits per heavy atom. The summed E-state index contributed by atoms with van der Waals surface area (Å²) in [5, 5.41) is 4.34. The molecule has 0 saturated heterocycles. The van der Waals surface area contributed by atoms with E-state index in [0.717, 1.165) is 18.7 Å². The molecule has 0 N–H and O–H groups in total. The van der Waals surface area contributed by atoms with Gasteiger partial charge in [-0.2, -0.15) is 5.10 Å². The molecular weight excluding hydrogens is 256 g/mol. The van der Waals surface area contributed by atoms with E-state index < -0.39 is 6.16 Å². The maximum Gasteiger partial charge on any atom is 0.515 e. The largest absolute Gasteiger partial charge is 0.515 e. The van der Waals surface area contributed by atoms with Crippen LogP contribution in [0.2, 0.25) is 0 Å². The first-order valence-corrected chi connectivity index (χ1v) is 7.56. The van der Waals surface area contributed by atoms with E-state index in [9.17, 15) is 4.79 Å². The lowest BCUT2D eigenvalue weighted by Crippen LogP contribution is -2.13. The number of nitrogens with zero attached hydrogens (tertiary/aromatic N) is 2. The number of carbonyl (C=O) groups excluding carboxylic acids is 1. The molecule has 1 rings (SSSR count). The van der Waals surface area contributed by atoms with Gasteiger partial charge in [-0.25, -0.2) is 9.48 Å². The van der Waals surface area contributed by atoms with Crippen molar-refractivity contribution >= 4 is 6.16 Å². The predicted molar refractivity (Wildman–Crippen MR) is 78.0 cm³/mol. The summed E-state index contributed by atoms with van der Waals surface area (Å²) in [5.74, 6) is 0.467. The normalized spacial score (nSPS) is 10.6. The standard InChI is InChI=1S/C15H26N2O3/c1-4-6-7-8-9-10-11-17-14(12-13(3)16-17)20-15(18)19-5-2/h12H,4-11H2,1-3H3. The minimum absolute atomic E-state index is 0.309. The molecule has 0 saturated carbocycles. The molecule has 5 heteroatoms. The van der Waals surface area contributed by atoms with E-state index in [1.54, 1.807) is 17.7 Å². The minimum Gasteiger partial charge on any atom is -0.434 e. The van der Waals surface area contributed by atoms with Gasteiger partial charge in [0, 0.05) is 12.6 Å². The van der Waals surface area contributed by atoms with Gasteiger partial charge in [0.15, 0.2) is 0 Å². The molecule has 0 unspecified atom stereocenters. The van der Waals surface area contributed by atoms with Crippen LogP contribution in [0.5, 0.6) is 5.88 Å². The number of ether oxygens (including phenoxy) is 2. The number of unbranched alkanes of at least 4 members (excludes halogenated alkanes) is 5. The van der Waals surface area contributed by atoms with Crippen LogP contribution < -0.4 is 4.74 Å². The van der Waals surface area contributed by atoms with Crippen LogP contribution in [-0.4, -0.2) is 22.5 Å². The van der Waals surface area contributed by atoms with Crippen LogP contribution in [0.25, 0.3) is 0 Å². The van der Waals surface area contributed by atoms with Crippen molar-refractivity contribution in [3.63, 3.8) is 0 Å². The van der Waals surface area contributed by atoms with Crippen LogP contribution in [0.3, 0.4) is 0 Å². The van der Waals surface area contributed by atoms with Gasteiger partial charge in [0.25, 0.3) is 0 Å². The SMILES string of the molecule is CCCCCCCCn1nc(C)cc1OC(=O)OCC. The monoisotopic (exact) mass is 282 g/mol. The van der Waals surface area contributed by atoms with Crippen molar-refractivity contribution in [2.24, 2.45) is 0 Å². The molecule has 0 aliphatic carbocycles. The number of aromatic nitrogens is 2. The third-order valence-electron chi connectivity index (χ3n) is 3.04. The number of aryl methyl sites for hydroxylation is 2. The van der Waals surface area contributed by atoms with Crippen molar-refractivity contribution in [1.29, 1.82) is 0 Å². The molecule has 1 heterocycles. The molecule has 20 heavy (non-hydrogen) atoms. The average Bonchev–Trinajstić information content (AvgIpc) is 2.74. The predicted octanol–water partition coefficient (Wildman–Crippen LogP) is 4.09. The van der Waals surface area contributed by atoms with Crippen LogP contribution in [0, 0.1) is 6.92 Å². The summed E-state index contributed by atoms with van der Waals surface area (Å²) in [5.41, 5.74) is 0.843. The zero-order chi connectivity index (χ0) is 14.8. The fourth-order valence-electron chi connectivity index (χ4n) is 2.04. The summed E-state index contributed by atoms with van der Waals surface area (Å²) in [6.45, 7) is 6.93. The van der Waals surface area contributed by atoms with Gasteiger partial charge in [-0.05, 0) is 20.3 Å². The molecule has 5 nitrogen and oxygen atoms in total. The average molecular weight is 282 g/mol. The van der Waals surface area contributed by atoms with Gasteiger partial charge in [0.2, 0.25) is 5.88 Å². The molecule has 114 valence electrons. The Morgan fingerprint density at radius 2 is 1.90 bits per heavy atom. The van der Waals surface area contributed by atoms with Gasteiger partial charge in [-0.3, -0.25) is 0 Å². The van der Waals surface area contributed by atoms with Crippen LogP contribution >= 0.6 is 0 Å². The van der Waals surface area contributed by atoms with Gasteiger partial charge in [0.1, 0.15) is 0 Å². The highest BCUT2D eigenvalue weighted by Gasteiger charge is 2.11. The quantitative estimate of drug-likeness (QED) is 0.505. The minimum atomic E-state index is -0.670. The van der Waals surface area contributed by atoms with E-state index in [-0.39, 0.29) is 0 Å². The highest BCUT2D eigenvalue weighted by Crippen LogP contribution is 2.15. The summed E-state index contributed by atoms with van der Waals surface area (Å²) in [4.78, 5) is 11.3. The Bertz CT molecular complexity index is 402. The Balaban J connectivity index is 2.38. The van der Waals surface area contributed by atoms with Crippen LogP contribution in [0.4, 0.5) is 4.79 Å². The third-order valence-corrected chi connectivity index (χ3v) is 3.04. The fourth-order valence-corrected chi connectivity index (χ4v) is 2.04. The van der Waals surface area contributed by atoms with E-state index in [4.69, 9.17) is 9.47 Å². The van der Waals surface area contributed by atoms with Crippen molar-refractivity contribution < 1.29 is 14.3 Å². The first-order chi connectivity index (χ1) is 9.67. The molecule has 0 atom stereocenters. The van der Waals surface area contributed by atoms with Gasteiger partial charge in [-0.15, -0.1) is 0 Å². The highest BCUT2D eigenvalue weighted by molar-refractivity contribution is 5.63. The highest BCUT2D eigenvalue weighted by atomic mass is 16.7. The Kier molecular flexibility index (Phi) is 7.77. The molecule has 0 amide bonds. The van der Waals surface area contributed by atoms with E-state index in [1.165, 1.54) is 32.1 Å². The Morgan fingerprint density at radius 3 is 2.60 bits per heavy atom. The molecule has 0 spiro atoms. The summed E-state index contributed by atoms with van der Waals surface area (Å²) >= 11 is 0. The molecular formula is C15H26N2O3. The Hall–Kier alpha value is -1.52. The lowest BCUT2D eigenvalue weighted by Gasteiger charge is -2.07. The molecule has 0 bridgehead atoms. The number of carbonyl (C=O) groups is 1. The number of rotatable bonds is 9. The van der Waals surface area contributed by atoms with E-state index >= 15 is 0 Å². The van der Waals surface area contributed by atoms with Crippen LogP contribution in [0.1, 0.15) is 58.1 Å². The first-order valence-electron chi connectivity index (χ1n) is 7.56. The van der Waals surface area contributed by atoms with Crippen molar-refractivity contribution in [1.82, 2.24) is 9.78 Å². The third kappa shape index (κ3) is 6.08. The molecule has 0 radical (unpaired) electrons. The van der Waals surface area contributed by atoms with Crippen LogP contribution in [-0.2, 0) is 11.3 Å². The van der Waals surface area contributed by atoms with Gasteiger partial charge < -0.3 is 9.47 Å². The second-order valence-corrected chi connectivity index (χ2v) is 4.90. The maximum absolute atomic E-state index is 11.3. The van der Waals surface area contributed by atoms with Crippen molar-refractivity contribution in [2.45, 2.75) is 65.8 Å². The molecule has 0 fully saturated rings. The van der Waals surface area contributed by atoms with Crippen LogP contribution in [0.15, 0.2) is 6.07 Å². The number of hydrogen-bond donors (Lipinski definition) is 0. The van der Waals surface area contributed by atoms with Crippen molar-refractivity contribution in [2.75, 3.05) is 6.61 Å².